The van der Waals surface area contributed by atoms with Gasteiger partial charge in [0.1, 0.15) is 5.75 Å². The molecule has 130 valence electrons. The van der Waals surface area contributed by atoms with Crippen LogP contribution in [0.2, 0.25) is 0 Å². The normalized spacial score (nSPS) is 10.0. The quantitative estimate of drug-likeness (QED) is 0.655. The lowest BCUT2D eigenvalue weighted by molar-refractivity contribution is -0.136. The van der Waals surface area contributed by atoms with Crippen molar-refractivity contribution in [1.82, 2.24) is 0 Å². The van der Waals surface area contributed by atoms with Gasteiger partial charge in [0.05, 0.1) is 18.0 Å². The van der Waals surface area contributed by atoms with E-state index in [2.05, 4.69) is 5.32 Å². The maximum Gasteiger partial charge on any atom is 0.323 e. The van der Waals surface area contributed by atoms with Gasteiger partial charge in [-0.25, -0.2) is 4.90 Å². The molecule has 0 heterocycles. The third-order valence-electron chi connectivity index (χ3n) is 3.30. The summed E-state index contributed by atoms with van der Waals surface area (Å²) in [4.78, 5) is 37.4. The number of ether oxygens (including phenoxy) is 1. The molecule has 0 aliphatic rings. The van der Waals surface area contributed by atoms with Gasteiger partial charge in [-0.1, -0.05) is 12.1 Å². The monoisotopic (exact) mass is 341 g/mol. The van der Waals surface area contributed by atoms with E-state index in [1.165, 1.54) is 19.1 Å². The highest BCUT2D eigenvalue weighted by Gasteiger charge is 2.27. The highest BCUT2D eigenvalue weighted by molar-refractivity contribution is 6.48. The average molecular weight is 341 g/mol. The van der Waals surface area contributed by atoms with E-state index in [0.717, 1.165) is 4.90 Å². The summed E-state index contributed by atoms with van der Waals surface area (Å²) in [6, 6.07) is 12.8. The van der Waals surface area contributed by atoms with Gasteiger partial charge in [0.15, 0.2) is 0 Å². The summed E-state index contributed by atoms with van der Waals surface area (Å²) in [5, 5.41) is 2.48. The molecule has 3 N–H and O–H groups in total. The number of nitrogens with one attached hydrogen (secondary N) is 1. The van der Waals surface area contributed by atoms with Crippen LogP contribution in [0.1, 0.15) is 13.8 Å². The summed E-state index contributed by atoms with van der Waals surface area (Å²) < 4.78 is 5.40. The van der Waals surface area contributed by atoms with Crippen LogP contribution in [0.5, 0.6) is 5.75 Å². The molecule has 7 heteroatoms. The van der Waals surface area contributed by atoms with Gasteiger partial charge in [0.25, 0.3) is 0 Å². The molecule has 3 amide bonds. The SMILES string of the molecule is CCOc1ccccc1NC(=O)C(=O)N(C(C)=O)c1ccc(N)cc1. The maximum atomic E-state index is 12.5. The minimum absolute atomic E-state index is 0.264. The van der Waals surface area contributed by atoms with Gasteiger partial charge in [0.2, 0.25) is 5.91 Å². The second-order valence-corrected chi connectivity index (χ2v) is 5.13. The minimum Gasteiger partial charge on any atom is -0.492 e. The van der Waals surface area contributed by atoms with Crippen LogP contribution in [-0.4, -0.2) is 24.3 Å². The van der Waals surface area contributed by atoms with Crippen molar-refractivity contribution in [2.24, 2.45) is 0 Å². The Hall–Kier alpha value is -3.35. The summed E-state index contributed by atoms with van der Waals surface area (Å²) in [5.41, 5.74) is 6.70. The molecule has 0 aliphatic heterocycles. The first kappa shape index (κ1) is 18.0. The van der Waals surface area contributed by atoms with Gasteiger partial charge < -0.3 is 15.8 Å². The van der Waals surface area contributed by atoms with E-state index >= 15 is 0 Å². The number of nitrogens with zero attached hydrogens (tertiary/aromatic N) is 1. The number of carbonyl (C=O) groups is 3. The Kier molecular flexibility index (Phi) is 5.73. The number of nitrogens with two attached hydrogens (primary N) is 1. The maximum absolute atomic E-state index is 12.5. The lowest BCUT2D eigenvalue weighted by atomic mass is 10.2. The summed E-state index contributed by atoms with van der Waals surface area (Å²) in [7, 11) is 0. The molecule has 0 aliphatic carbocycles. The number of nitrogen functional groups attached to an aromatic ring is 1. The van der Waals surface area contributed by atoms with Crippen LogP contribution in [0.25, 0.3) is 0 Å². The lowest BCUT2D eigenvalue weighted by Crippen LogP contribution is -2.42. The number of hydrogen-bond donors (Lipinski definition) is 2. The fourth-order valence-corrected chi connectivity index (χ4v) is 2.19. The van der Waals surface area contributed by atoms with E-state index in [-0.39, 0.29) is 5.69 Å². The van der Waals surface area contributed by atoms with Gasteiger partial charge in [-0.3, -0.25) is 14.4 Å². The number of imide groups is 1. The highest BCUT2D eigenvalue weighted by atomic mass is 16.5. The van der Waals surface area contributed by atoms with E-state index < -0.39 is 17.7 Å². The van der Waals surface area contributed by atoms with E-state index in [4.69, 9.17) is 10.5 Å². The summed E-state index contributed by atoms with van der Waals surface area (Å²) in [6.07, 6.45) is 0. The smallest absolute Gasteiger partial charge is 0.323 e. The number of anilines is 3. The van der Waals surface area contributed by atoms with Crippen molar-refractivity contribution < 1.29 is 19.1 Å². The first-order valence-corrected chi connectivity index (χ1v) is 7.67. The van der Waals surface area contributed by atoms with Crippen LogP contribution in [0.4, 0.5) is 17.1 Å². The third kappa shape index (κ3) is 4.35. The topological polar surface area (TPSA) is 102 Å². The van der Waals surface area contributed by atoms with E-state index in [1.807, 2.05) is 6.92 Å². The summed E-state index contributed by atoms with van der Waals surface area (Å²) >= 11 is 0. The van der Waals surface area contributed by atoms with Gasteiger partial charge in [-0.05, 0) is 43.3 Å². The van der Waals surface area contributed by atoms with Gasteiger partial charge in [-0.15, -0.1) is 0 Å². The zero-order valence-electron chi connectivity index (χ0n) is 14.0. The molecule has 0 aromatic heterocycles. The fourth-order valence-electron chi connectivity index (χ4n) is 2.19. The second kappa shape index (κ2) is 7.96. The van der Waals surface area contributed by atoms with Crippen LogP contribution < -0.4 is 20.7 Å². The second-order valence-electron chi connectivity index (χ2n) is 5.13. The number of carbonyl (C=O) groups excluding carboxylic acids is 3. The summed E-state index contributed by atoms with van der Waals surface area (Å²) in [6.45, 7) is 3.42. The molecule has 0 fully saturated rings. The van der Waals surface area contributed by atoms with E-state index in [1.54, 1.807) is 36.4 Å². The molecule has 0 atom stereocenters. The zero-order valence-corrected chi connectivity index (χ0v) is 14.0. The van der Waals surface area contributed by atoms with Crippen molar-refractivity contribution in [2.45, 2.75) is 13.8 Å². The van der Waals surface area contributed by atoms with Crippen molar-refractivity contribution >= 4 is 34.8 Å². The number of amides is 3. The van der Waals surface area contributed by atoms with E-state index in [9.17, 15) is 14.4 Å². The van der Waals surface area contributed by atoms with Crippen LogP contribution in [0.3, 0.4) is 0 Å². The van der Waals surface area contributed by atoms with Crippen molar-refractivity contribution in [3.05, 3.63) is 48.5 Å². The van der Waals surface area contributed by atoms with Crippen molar-refractivity contribution in [3.63, 3.8) is 0 Å². The van der Waals surface area contributed by atoms with Crippen LogP contribution in [-0.2, 0) is 14.4 Å². The van der Waals surface area contributed by atoms with Crippen molar-refractivity contribution in [1.29, 1.82) is 0 Å². The first-order valence-electron chi connectivity index (χ1n) is 7.67. The zero-order chi connectivity index (χ0) is 18.4. The van der Waals surface area contributed by atoms with Gasteiger partial charge in [-0.2, -0.15) is 0 Å². The molecular formula is C18H19N3O4. The molecule has 2 aromatic carbocycles. The van der Waals surface area contributed by atoms with Crippen LogP contribution in [0.15, 0.2) is 48.5 Å². The molecule has 0 radical (unpaired) electrons. The molecule has 7 nitrogen and oxygen atoms in total. The lowest BCUT2D eigenvalue weighted by Gasteiger charge is -2.19. The molecule has 0 saturated heterocycles. The third-order valence-corrected chi connectivity index (χ3v) is 3.30. The standard InChI is InChI=1S/C18H19N3O4/c1-3-25-16-7-5-4-6-15(16)20-17(23)18(24)21(12(2)22)14-10-8-13(19)9-11-14/h4-11H,3,19H2,1-2H3,(H,20,23). The summed E-state index contributed by atoms with van der Waals surface area (Å²) in [5.74, 6) is -2.08. The van der Waals surface area contributed by atoms with Gasteiger partial charge >= 0.3 is 11.8 Å². The molecule has 0 spiro atoms. The molecule has 2 rings (SSSR count). The fraction of sp³-hybridized carbons (Fsp3) is 0.167. The first-order chi connectivity index (χ1) is 11.9. The molecular weight excluding hydrogens is 322 g/mol. The average Bonchev–Trinajstić information content (AvgIpc) is 2.58. The molecule has 0 unspecified atom stereocenters. The van der Waals surface area contributed by atoms with E-state index in [0.29, 0.717) is 23.7 Å². The van der Waals surface area contributed by atoms with Gasteiger partial charge in [0, 0.05) is 12.6 Å². The number of benzene rings is 2. The predicted molar refractivity (Wildman–Crippen MR) is 95.3 cm³/mol. The minimum atomic E-state index is -0.997. The molecule has 0 bridgehead atoms. The van der Waals surface area contributed by atoms with Crippen molar-refractivity contribution in [3.8, 4) is 5.75 Å². The Morgan fingerprint density at radius 3 is 2.32 bits per heavy atom. The number of hydrogen-bond acceptors (Lipinski definition) is 5. The highest BCUT2D eigenvalue weighted by Crippen LogP contribution is 2.24. The molecule has 2 aromatic rings. The largest absolute Gasteiger partial charge is 0.492 e. The number of rotatable bonds is 4. The Morgan fingerprint density at radius 1 is 1.08 bits per heavy atom. The Balaban J connectivity index is 2.23. The molecule has 25 heavy (non-hydrogen) atoms. The van der Waals surface area contributed by atoms with Crippen molar-refractivity contribution in [2.75, 3.05) is 22.6 Å². The molecule has 0 saturated carbocycles. The predicted octanol–water partition coefficient (Wildman–Crippen LogP) is 2.19. The number of para-hydroxylation sites is 2. The van der Waals surface area contributed by atoms with Crippen LogP contribution in [0, 0.1) is 0 Å². The Morgan fingerprint density at radius 2 is 1.72 bits per heavy atom. The Labute approximate surface area is 145 Å². The van der Waals surface area contributed by atoms with Crippen LogP contribution >= 0.6 is 0 Å². The Bertz CT molecular complexity index is 787.